The summed E-state index contributed by atoms with van der Waals surface area (Å²) in [6.07, 6.45) is 5.33. The number of ether oxygens (including phenoxy) is 2. The van der Waals surface area contributed by atoms with E-state index in [0.717, 1.165) is 28.3 Å². The van der Waals surface area contributed by atoms with E-state index in [0.29, 0.717) is 37.3 Å². The van der Waals surface area contributed by atoms with Gasteiger partial charge >= 0.3 is 0 Å². The lowest BCUT2D eigenvalue weighted by Gasteiger charge is -2.18. The number of fused-ring (bicyclic) bond motifs is 1. The number of hydrogen-bond acceptors (Lipinski definition) is 7. The smallest absolute Gasteiger partial charge is 0.299 e. The van der Waals surface area contributed by atoms with Gasteiger partial charge in [-0.3, -0.25) is 4.98 Å². The third-order valence-corrected chi connectivity index (χ3v) is 4.70. The average molecular weight is 400 g/mol. The lowest BCUT2D eigenvalue weighted by Crippen LogP contribution is -2.15. The molecule has 0 spiro atoms. The van der Waals surface area contributed by atoms with Crippen LogP contribution in [0.3, 0.4) is 0 Å². The Kier molecular flexibility index (Phi) is 4.91. The fourth-order valence-corrected chi connectivity index (χ4v) is 3.25. The van der Waals surface area contributed by atoms with Gasteiger partial charge < -0.3 is 24.5 Å². The topological polar surface area (TPSA) is 81.4 Å². The molecule has 0 bridgehead atoms. The Balaban J connectivity index is 1.33. The molecule has 2 aromatic heterocycles. The third-order valence-electron chi connectivity index (χ3n) is 4.70. The lowest BCUT2D eigenvalue weighted by atomic mass is 10.1. The standard InChI is InChI=1S/C23H20N4O3/c1-2-6-19(25-14-16-4-3-9-24-13-16)18(5-1)22-15-26-23(30-22)27-17-7-8-20-21(12-17)29-11-10-28-20/h1-9,12-13,15,25H,10-11,14H2,(H,26,27). The van der Waals surface area contributed by atoms with Crippen molar-refractivity contribution in [2.24, 2.45) is 0 Å². The summed E-state index contributed by atoms with van der Waals surface area (Å²) in [5.41, 5.74) is 3.81. The third kappa shape index (κ3) is 3.91. The van der Waals surface area contributed by atoms with Crippen LogP contribution in [-0.4, -0.2) is 23.2 Å². The molecule has 2 N–H and O–H groups in total. The fraction of sp³-hybridized carbons (Fsp3) is 0.130. The van der Waals surface area contributed by atoms with Crippen molar-refractivity contribution in [3.05, 3.63) is 78.8 Å². The van der Waals surface area contributed by atoms with E-state index in [2.05, 4.69) is 20.6 Å². The van der Waals surface area contributed by atoms with E-state index in [1.54, 1.807) is 12.4 Å². The molecule has 150 valence electrons. The minimum atomic E-state index is 0.406. The lowest BCUT2D eigenvalue weighted by molar-refractivity contribution is 0.171. The van der Waals surface area contributed by atoms with Crippen LogP contribution in [0.15, 0.2) is 77.6 Å². The van der Waals surface area contributed by atoms with Crippen molar-refractivity contribution in [3.8, 4) is 22.8 Å². The molecule has 7 heteroatoms. The minimum absolute atomic E-state index is 0.406. The normalized spacial score (nSPS) is 12.4. The molecule has 2 aromatic carbocycles. The second-order valence-corrected chi connectivity index (χ2v) is 6.77. The van der Waals surface area contributed by atoms with Gasteiger partial charge in [0.15, 0.2) is 17.3 Å². The van der Waals surface area contributed by atoms with Gasteiger partial charge in [0.2, 0.25) is 0 Å². The highest BCUT2D eigenvalue weighted by molar-refractivity contribution is 5.75. The SMILES string of the molecule is c1cncc(CNc2ccccc2-c2cnc(Nc3ccc4c(c3)OCCO4)o2)c1. The van der Waals surface area contributed by atoms with Crippen molar-refractivity contribution in [2.75, 3.05) is 23.8 Å². The van der Waals surface area contributed by atoms with Crippen molar-refractivity contribution in [1.29, 1.82) is 0 Å². The Morgan fingerprint density at radius 3 is 2.70 bits per heavy atom. The van der Waals surface area contributed by atoms with Gasteiger partial charge in [0, 0.05) is 41.9 Å². The summed E-state index contributed by atoms with van der Waals surface area (Å²) >= 11 is 0. The molecule has 30 heavy (non-hydrogen) atoms. The number of hydrogen-bond donors (Lipinski definition) is 2. The van der Waals surface area contributed by atoms with Gasteiger partial charge in [-0.15, -0.1) is 0 Å². The van der Waals surface area contributed by atoms with Crippen molar-refractivity contribution in [3.63, 3.8) is 0 Å². The van der Waals surface area contributed by atoms with Crippen molar-refractivity contribution in [1.82, 2.24) is 9.97 Å². The highest BCUT2D eigenvalue weighted by Crippen LogP contribution is 2.35. The molecule has 0 fully saturated rings. The van der Waals surface area contributed by atoms with Crippen LogP contribution in [0.4, 0.5) is 17.4 Å². The molecule has 7 nitrogen and oxygen atoms in total. The first-order chi connectivity index (χ1) is 14.8. The van der Waals surface area contributed by atoms with Gasteiger partial charge in [-0.05, 0) is 35.9 Å². The van der Waals surface area contributed by atoms with Crippen LogP contribution in [0, 0.1) is 0 Å². The molecule has 0 saturated carbocycles. The quantitative estimate of drug-likeness (QED) is 0.478. The van der Waals surface area contributed by atoms with Crippen LogP contribution >= 0.6 is 0 Å². The summed E-state index contributed by atoms with van der Waals surface area (Å²) in [6.45, 7) is 1.78. The summed E-state index contributed by atoms with van der Waals surface area (Å²) < 4.78 is 17.1. The van der Waals surface area contributed by atoms with E-state index in [1.807, 2.05) is 60.8 Å². The van der Waals surface area contributed by atoms with E-state index in [-0.39, 0.29) is 0 Å². The van der Waals surface area contributed by atoms with Gasteiger partial charge in [-0.1, -0.05) is 18.2 Å². The first kappa shape index (κ1) is 18.1. The molecule has 0 amide bonds. The first-order valence-corrected chi connectivity index (χ1v) is 9.70. The van der Waals surface area contributed by atoms with Gasteiger partial charge in [0.1, 0.15) is 13.2 Å². The van der Waals surface area contributed by atoms with Gasteiger partial charge in [0.05, 0.1) is 6.20 Å². The zero-order chi connectivity index (χ0) is 20.2. The molecule has 0 aliphatic carbocycles. The second-order valence-electron chi connectivity index (χ2n) is 6.77. The highest BCUT2D eigenvalue weighted by Gasteiger charge is 2.14. The predicted octanol–water partition coefficient (Wildman–Crippen LogP) is 4.86. The number of rotatable bonds is 6. The monoisotopic (exact) mass is 400 g/mol. The van der Waals surface area contributed by atoms with E-state index >= 15 is 0 Å². The molecule has 0 saturated heterocycles. The second kappa shape index (κ2) is 8.16. The van der Waals surface area contributed by atoms with E-state index in [4.69, 9.17) is 13.9 Å². The molecule has 0 atom stereocenters. The van der Waals surface area contributed by atoms with Crippen LogP contribution < -0.4 is 20.1 Å². The number of para-hydroxylation sites is 1. The first-order valence-electron chi connectivity index (χ1n) is 9.70. The summed E-state index contributed by atoms with van der Waals surface area (Å²) in [4.78, 5) is 8.53. The van der Waals surface area contributed by atoms with Crippen molar-refractivity contribution >= 4 is 17.4 Å². The highest BCUT2D eigenvalue weighted by atomic mass is 16.6. The maximum absolute atomic E-state index is 5.96. The van der Waals surface area contributed by atoms with Gasteiger partial charge in [0.25, 0.3) is 6.01 Å². The molecule has 4 aromatic rings. The molecule has 0 radical (unpaired) electrons. The zero-order valence-corrected chi connectivity index (χ0v) is 16.2. The molecule has 5 rings (SSSR count). The number of oxazole rings is 1. The van der Waals surface area contributed by atoms with Crippen LogP contribution in [0.25, 0.3) is 11.3 Å². The van der Waals surface area contributed by atoms with Crippen LogP contribution in [0.5, 0.6) is 11.5 Å². The molecular weight excluding hydrogens is 380 g/mol. The number of benzene rings is 2. The molecule has 1 aliphatic rings. The minimum Gasteiger partial charge on any atom is -0.486 e. The predicted molar refractivity (Wildman–Crippen MR) is 114 cm³/mol. The Morgan fingerprint density at radius 2 is 1.80 bits per heavy atom. The van der Waals surface area contributed by atoms with E-state index in [9.17, 15) is 0 Å². The number of aromatic nitrogens is 2. The summed E-state index contributed by atoms with van der Waals surface area (Å²) in [7, 11) is 0. The number of nitrogens with zero attached hydrogens (tertiary/aromatic N) is 2. The van der Waals surface area contributed by atoms with E-state index in [1.165, 1.54) is 0 Å². The molecule has 3 heterocycles. The Bertz CT molecular complexity index is 1140. The van der Waals surface area contributed by atoms with Crippen LogP contribution in [0.1, 0.15) is 5.56 Å². The van der Waals surface area contributed by atoms with Crippen LogP contribution in [0.2, 0.25) is 0 Å². The summed E-state index contributed by atoms with van der Waals surface area (Å²) in [6, 6.07) is 18.0. The molecule has 1 aliphatic heterocycles. The number of anilines is 3. The van der Waals surface area contributed by atoms with Crippen molar-refractivity contribution < 1.29 is 13.9 Å². The van der Waals surface area contributed by atoms with Crippen molar-refractivity contribution in [2.45, 2.75) is 6.54 Å². The van der Waals surface area contributed by atoms with Crippen LogP contribution in [-0.2, 0) is 6.54 Å². The van der Waals surface area contributed by atoms with Gasteiger partial charge in [-0.2, -0.15) is 0 Å². The van der Waals surface area contributed by atoms with Gasteiger partial charge in [-0.25, -0.2) is 4.98 Å². The number of nitrogens with one attached hydrogen (secondary N) is 2. The Labute approximate surface area is 173 Å². The summed E-state index contributed by atoms with van der Waals surface area (Å²) in [5.74, 6) is 2.13. The average Bonchev–Trinajstić information content (AvgIpc) is 3.27. The largest absolute Gasteiger partial charge is 0.486 e. The Morgan fingerprint density at radius 1 is 0.900 bits per heavy atom. The zero-order valence-electron chi connectivity index (χ0n) is 16.2. The Hall–Kier alpha value is -4.00. The maximum Gasteiger partial charge on any atom is 0.299 e. The van der Waals surface area contributed by atoms with E-state index < -0.39 is 0 Å². The number of pyridine rings is 1. The maximum atomic E-state index is 5.96. The molecular formula is C23H20N4O3. The molecule has 0 unspecified atom stereocenters. The summed E-state index contributed by atoms with van der Waals surface area (Å²) in [5, 5.41) is 6.62. The fourth-order valence-electron chi connectivity index (χ4n) is 3.25.